The average molecular weight is 911 g/mol. The van der Waals surface area contributed by atoms with E-state index < -0.39 is 71.6 Å². The molecule has 2 saturated heterocycles. The standard InChI is InChI=1S/C48H46O18/c1-53-33-9-21(10-34(54-2)45(33)57-5)39-23-13-29-31(63-19-61-29)15-25(23)43(27-17-59-47(51)41(27)39)65-37(49)7-8-38(50)66-44-26-16-32-30(62-20-64-32)14-24(26)40(42-28(44)18-60-48(42)52)22-11-35(55-3)46(58-6)36(12-22)56-4/h9-16,27-28,39-44H,7-8,17-20H2,1-6H3/t27?,28?,39-,40-,41+,42+,43+,44+/m1/s1. The number of fused-ring (bicyclic) bond motifs is 6. The fraction of sp³-hybridized carbons (Fsp3) is 0.417. The molecule has 18 nitrogen and oxygen atoms in total. The van der Waals surface area contributed by atoms with Crippen molar-refractivity contribution in [2.75, 3.05) is 69.5 Å². The van der Waals surface area contributed by atoms with Crippen molar-refractivity contribution in [3.63, 3.8) is 0 Å². The van der Waals surface area contributed by atoms with Crippen LogP contribution >= 0.6 is 0 Å². The number of rotatable bonds is 13. The summed E-state index contributed by atoms with van der Waals surface area (Å²) in [6.07, 6.45) is -2.65. The first-order valence-corrected chi connectivity index (χ1v) is 21.3. The molecule has 18 heteroatoms. The second-order valence-corrected chi connectivity index (χ2v) is 16.5. The van der Waals surface area contributed by atoms with E-state index in [9.17, 15) is 19.2 Å². The zero-order chi connectivity index (χ0) is 46.0. The van der Waals surface area contributed by atoms with Crippen LogP contribution in [0, 0.1) is 23.7 Å². The van der Waals surface area contributed by atoms with Crippen LogP contribution in [-0.2, 0) is 38.1 Å². The maximum absolute atomic E-state index is 13.9. The summed E-state index contributed by atoms with van der Waals surface area (Å²) in [5.74, 6) is -2.25. The van der Waals surface area contributed by atoms with Gasteiger partial charge in [0.25, 0.3) is 0 Å². The highest BCUT2D eigenvalue weighted by Gasteiger charge is 2.56. The summed E-state index contributed by atoms with van der Waals surface area (Å²) in [6.45, 7) is -0.0931. The van der Waals surface area contributed by atoms with Gasteiger partial charge in [0.15, 0.2) is 46.0 Å². The van der Waals surface area contributed by atoms with Crippen LogP contribution in [0.4, 0.5) is 0 Å². The minimum Gasteiger partial charge on any atom is -0.493 e. The van der Waals surface area contributed by atoms with E-state index in [0.29, 0.717) is 90.9 Å². The van der Waals surface area contributed by atoms with Crippen LogP contribution in [0.25, 0.3) is 0 Å². The molecule has 66 heavy (non-hydrogen) atoms. The monoisotopic (exact) mass is 910 g/mol. The van der Waals surface area contributed by atoms with E-state index >= 15 is 0 Å². The fourth-order valence-corrected chi connectivity index (χ4v) is 10.5. The fourth-order valence-electron chi connectivity index (χ4n) is 10.5. The molecule has 2 aliphatic carbocycles. The Balaban J connectivity index is 0.929. The summed E-state index contributed by atoms with van der Waals surface area (Å²) in [5, 5.41) is 0. The van der Waals surface area contributed by atoms with Crippen LogP contribution < -0.4 is 47.4 Å². The number of hydrogen-bond donors (Lipinski definition) is 0. The number of carbonyl (C=O) groups excluding carboxylic acids is 4. The highest BCUT2D eigenvalue weighted by atomic mass is 16.7. The minimum atomic E-state index is -0.961. The lowest BCUT2D eigenvalue weighted by Crippen LogP contribution is -2.37. The predicted octanol–water partition coefficient (Wildman–Crippen LogP) is 5.71. The Morgan fingerprint density at radius 1 is 0.470 bits per heavy atom. The van der Waals surface area contributed by atoms with Gasteiger partial charge in [-0.2, -0.15) is 0 Å². The molecule has 346 valence electrons. The van der Waals surface area contributed by atoms with Gasteiger partial charge in [-0.1, -0.05) is 0 Å². The lowest BCUT2D eigenvalue weighted by Gasteiger charge is -2.39. The smallest absolute Gasteiger partial charge is 0.310 e. The number of esters is 4. The molecule has 0 N–H and O–H groups in total. The first-order chi connectivity index (χ1) is 32.1. The third-order valence-corrected chi connectivity index (χ3v) is 13.4. The Morgan fingerprint density at radius 2 is 0.803 bits per heavy atom. The Hall–Kier alpha value is -7.24. The average Bonchev–Trinajstić information content (AvgIpc) is 4.16. The van der Waals surface area contributed by atoms with Crippen LogP contribution in [0.2, 0.25) is 0 Å². The van der Waals surface area contributed by atoms with Crippen molar-refractivity contribution in [2.24, 2.45) is 23.7 Å². The quantitative estimate of drug-likeness (QED) is 0.117. The molecule has 0 spiro atoms. The third-order valence-electron chi connectivity index (χ3n) is 13.4. The zero-order valence-corrected chi connectivity index (χ0v) is 36.8. The Labute approximate surface area is 378 Å². The van der Waals surface area contributed by atoms with Gasteiger partial charge in [-0.05, 0) is 70.8 Å². The lowest BCUT2D eigenvalue weighted by atomic mass is 9.66. The zero-order valence-electron chi connectivity index (χ0n) is 36.8. The SMILES string of the molecule is COc1cc([C@@H]2c3cc4c(cc3[C@H](OC(=O)CCC(=O)O[C@H]3c5cc6c(cc5[C@@H](c5cc(OC)c(OC)c(OC)c5)[C@H]5C(=O)OCC35)OCO6)C3COC(=O)[C@@H]32)OCO4)cc(OC)c1OC. The predicted molar refractivity (Wildman–Crippen MR) is 224 cm³/mol. The Morgan fingerprint density at radius 3 is 1.12 bits per heavy atom. The highest BCUT2D eigenvalue weighted by molar-refractivity contribution is 5.82. The van der Waals surface area contributed by atoms with E-state index in [-0.39, 0.29) is 39.6 Å². The maximum atomic E-state index is 13.9. The van der Waals surface area contributed by atoms with Crippen molar-refractivity contribution in [3.05, 3.63) is 81.9 Å². The summed E-state index contributed by atoms with van der Waals surface area (Å²) in [7, 11) is 9.03. The normalized spacial score (nSPS) is 24.7. The molecular formula is C48H46O18. The van der Waals surface area contributed by atoms with E-state index in [1.807, 2.05) is 0 Å². The summed E-state index contributed by atoms with van der Waals surface area (Å²) in [6, 6.07) is 14.2. The number of benzene rings is 4. The molecule has 0 amide bonds. The van der Waals surface area contributed by atoms with Crippen LogP contribution in [0.1, 0.15) is 70.3 Å². The Bertz CT molecular complexity index is 2410. The van der Waals surface area contributed by atoms with Crippen LogP contribution in [-0.4, -0.2) is 93.3 Å². The molecule has 4 aromatic rings. The van der Waals surface area contributed by atoms with Gasteiger partial charge >= 0.3 is 23.9 Å². The van der Waals surface area contributed by atoms with Gasteiger partial charge in [0.1, 0.15) is 12.2 Å². The first kappa shape index (κ1) is 42.7. The van der Waals surface area contributed by atoms with Gasteiger partial charge in [0, 0.05) is 34.8 Å². The molecule has 0 bridgehead atoms. The highest BCUT2D eigenvalue weighted by Crippen LogP contribution is 2.59. The van der Waals surface area contributed by atoms with Gasteiger partial charge in [-0.3, -0.25) is 19.2 Å². The molecule has 10 rings (SSSR count). The second-order valence-electron chi connectivity index (χ2n) is 16.5. The van der Waals surface area contributed by atoms with E-state index in [2.05, 4.69) is 0 Å². The number of carbonyl (C=O) groups is 4. The van der Waals surface area contributed by atoms with E-state index in [0.717, 1.165) is 0 Å². The van der Waals surface area contributed by atoms with Crippen molar-refractivity contribution in [2.45, 2.75) is 36.9 Å². The molecule has 4 heterocycles. The number of ether oxygens (including phenoxy) is 14. The summed E-state index contributed by atoms with van der Waals surface area (Å²) >= 11 is 0. The number of cyclic esters (lactones) is 2. The van der Waals surface area contributed by atoms with Gasteiger partial charge < -0.3 is 66.3 Å². The lowest BCUT2D eigenvalue weighted by molar-refractivity contribution is -0.161. The van der Waals surface area contributed by atoms with Gasteiger partial charge in [-0.15, -0.1) is 0 Å². The van der Waals surface area contributed by atoms with Crippen LogP contribution in [0.3, 0.4) is 0 Å². The number of methoxy groups -OCH3 is 6. The van der Waals surface area contributed by atoms with Crippen molar-refractivity contribution < 1.29 is 85.5 Å². The summed E-state index contributed by atoms with van der Waals surface area (Å²) in [4.78, 5) is 55.3. The van der Waals surface area contributed by atoms with Crippen molar-refractivity contribution in [3.8, 4) is 57.5 Å². The molecule has 6 aliphatic rings. The molecule has 2 unspecified atom stereocenters. The van der Waals surface area contributed by atoms with Crippen molar-refractivity contribution >= 4 is 23.9 Å². The van der Waals surface area contributed by atoms with Gasteiger partial charge in [0.05, 0.1) is 80.6 Å². The number of hydrogen-bond acceptors (Lipinski definition) is 18. The molecule has 4 aromatic carbocycles. The van der Waals surface area contributed by atoms with Crippen molar-refractivity contribution in [1.82, 2.24) is 0 Å². The molecule has 0 aromatic heterocycles. The largest absolute Gasteiger partial charge is 0.493 e. The van der Waals surface area contributed by atoms with Crippen molar-refractivity contribution in [1.29, 1.82) is 0 Å². The maximum Gasteiger partial charge on any atom is 0.310 e. The van der Waals surface area contributed by atoms with E-state index in [4.69, 9.17) is 66.3 Å². The molecule has 2 fully saturated rings. The topological polar surface area (TPSA) is 197 Å². The van der Waals surface area contributed by atoms with Gasteiger partial charge in [-0.25, -0.2) is 0 Å². The molecule has 4 aliphatic heterocycles. The van der Waals surface area contributed by atoms with E-state index in [1.165, 1.54) is 42.7 Å². The summed E-state index contributed by atoms with van der Waals surface area (Å²) in [5.41, 5.74) is 3.82. The molecule has 0 radical (unpaired) electrons. The van der Waals surface area contributed by atoms with Gasteiger partial charge in [0.2, 0.25) is 25.1 Å². The molecule has 0 saturated carbocycles. The molecular weight excluding hydrogens is 865 g/mol. The summed E-state index contributed by atoms with van der Waals surface area (Å²) < 4.78 is 80.7. The third kappa shape index (κ3) is 6.91. The van der Waals surface area contributed by atoms with Crippen LogP contribution in [0.15, 0.2) is 48.5 Å². The first-order valence-electron chi connectivity index (χ1n) is 21.3. The molecule has 8 atom stereocenters. The Kier molecular flexibility index (Phi) is 11.0. The van der Waals surface area contributed by atoms with E-state index in [1.54, 1.807) is 48.5 Å². The minimum absolute atomic E-state index is 0.0171. The second kappa shape index (κ2) is 17.0. The van der Waals surface area contributed by atoms with Crippen LogP contribution in [0.5, 0.6) is 57.5 Å².